The Bertz CT molecular complexity index is 1690. The van der Waals surface area contributed by atoms with Gasteiger partial charge in [0.15, 0.2) is 0 Å². The van der Waals surface area contributed by atoms with Crippen molar-refractivity contribution >= 4 is 34.6 Å². The van der Waals surface area contributed by atoms with E-state index in [9.17, 15) is 34.5 Å². The third-order valence-electron chi connectivity index (χ3n) is 8.24. The minimum absolute atomic E-state index is 0.0251. The number of carbonyl (C=O) groups is 4. The van der Waals surface area contributed by atoms with Gasteiger partial charge >= 0.3 is 5.97 Å². The number of carboxylic acid groups (broad SMARTS) is 1. The van der Waals surface area contributed by atoms with Gasteiger partial charge in [-0.15, -0.1) is 0 Å². The molecule has 0 aliphatic rings. The fraction of sp³-hybridized carbons (Fsp3) is 0.314. The first kappa shape index (κ1) is 34.5. The number of hydrogen-bond donors (Lipinski definition) is 8. The van der Waals surface area contributed by atoms with Crippen LogP contribution in [0.1, 0.15) is 37.0 Å². The van der Waals surface area contributed by atoms with Crippen LogP contribution in [-0.2, 0) is 38.4 Å². The molecule has 12 heteroatoms. The van der Waals surface area contributed by atoms with Crippen molar-refractivity contribution < 1.29 is 34.5 Å². The van der Waals surface area contributed by atoms with Gasteiger partial charge in [0.05, 0.1) is 6.04 Å². The van der Waals surface area contributed by atoms with E-state index in [2.05, 4.69) is 20.9 Å². The van der Waals surface area contributed by atoms with Crippen LogP contribution < -0.4 is 21.7 Å². The van der Waals surface area contributed by atoms with Gasteiger partial charge in [-0.05, 0) is 59.4 Å². The quantitative estimate of drug-likeness (QED) is 0.0963. The second kappa shape index (κ2) is 15.8. The van der Waals surface area contributed by atoms with Crippen LogP contribution in [0.3, 0.4) is 0 Å². The molecule has 0 saturated heterocycles. The number of amides is 3. The average molecular weight is 644 g/mol. The van der Waals surface area contributed by atoms with Gasteiger partial charge in [-0.25, -0.2) is 4.79 Å². The molecule has 248 valence electrons. The number of benzene rings is 3. The molecule has 1 heterocycles. The first-order chi connectivity index (χ1) is 22.4. The molecule has 0 radical (unpaired) electrons. The molecule has 3 aromatic carbocycles. The number of nitrogens with two attached hydrogens (primary N) is 1. The van der Waals surface area contributed by atoms with Crippen LogP contribution in [0, 0.1) is 5.92 Å². The number of fused-ring (bicyclic) bond motifs is 1. The summed E-state index contributed by atoms with van der Waals surface area (Å²) in [5.41, 5.74) is 9.28. The molecule has 0 aliphatic heterocycles. The van der Waals surface area contributed by atoms with Gasteiger partial charge < -0.3 is 42.0 Å². The molecule has 9 N–H and O–H groups in total. The van der Waals surface area contributed by atoms with Crippen LogP contribution >= 0.6 is 0 Å². The zero-order valence-corrected chi connectivity index (χ0v) is 26.3. The normalized spacial score (nSPS) is 14.4. The van der Waals surface area contributed by atoms with Crippen molar-refractivity contribution in [1.29, 1.82) is 0 Å². The van der Waals surface area contributed by atoms with Crippen LogP contribution in [0.15, 0.2) is 79.0 Å². The summed E-state index contributed by atoms with van der Waals surface area (Å²) < 4.78 is 0. The topological polar surface area (TPSA) is 207 Å². The monoisotopic (exact) mass is 643 g/mol. The van der Waals surface area contributed by atoms with Gasteiger partial charge in [-0.2, -0.15) is 0 Å². The highest BCUT2D eigenvalue weighted by Gasteiger charge is 2.33. The molecular formula is C35H41N5O7. The minimum Gasteiger partial charge on any atom is -0.508 e. The van der Waals surface area contributed by atoms with Crippen molar-refractivity contribution in [2.45, 2.75) is 63.7 Å². The third-order valence-corrected chi connectivity index (χ3v) is 8.24. The van der Waals surface area contributed by atoms with Crippen LogP contribution in [0.5, 0.6) is 11.5 Å². The summed E-state index contributed by atoms with van der Waals surface area (Å²) in [4.78, 5) is 55.9. The van der Waals surface area contributed by atoms with Gasteiger partial charge in [0, 0.05) is 29.9 Å². The molecule has 12 nitrogen and oxygen atoms in total. The lowest BCUT2D eigenvalue weighted by Crippen LogP contribution is -2.59. The smallest absolute Gasteiger partial charge is 0.326 e. The molecule has 0 saturated carbocycles. The van der Waals surface area contributed by atoms with Crippen molar-refractivity contribution in [1.82, 2.24) is 20.9 Å². The van der Waals surface area contributed by atoms with Crippen molar-refractivity contribution in [3.05, 3.63) is 95.7 Å². The SMILES string of the molecule is CCC(C)C(NC(=O)C(Cc1ccc(O)cc1)NC(=O)C(N)Cc1c[nH]c2ccccc12)C(=O)NC(Cc1ccc(O)cc1)C(=O)O. The number of aromatic hydroxyl groups is 2. The number of hydrogen-bond acceptors (Lipinski definition) is 7. The van der Waals surface area contributed by atoms with Gasteiger partial charge in [0.2, 0.25) is 17.7 Å². The number of phenolic OH excluding ortho intramolecular Hbond substituents is 2. The molecule has 0 bridgehead atoms. The van der Waals surface area contributed by atoms with Crippen LogP contribution in [0.4, 0.5) is 0 Å². The zero-order chi connectivity index (χ0) is 34.1. The van der Waals surface area contributed by atoms with Crippen molar-refractivity contribution in [2.75, 3.05) is 0 Å². The summed E-state index contributed by atoms with van der Waals surface area (Å²) in [6, 6.07) is 15.2. The van der Waals surface area contributed by atoms with E-state index in [1.807, 2.05) is 31.2 Å². The number of para-hydroxylation sites is 1. The van der Waals surface area contributed by atoms with Gasteiger partial charge in [0.1, 0.15) is 29.6 Å². The molecule has 0 spiro atoms. The van der Waals surface area contributed by atoms with Crippen molar-refractivity contribution in [3.63, 3.8) is 0 Å². The lowest BCUT2D eigenvalue weighted by molar-refractivity contribution is -0.142. The summed E-state index contributed by atoms with van der Waals surface area (Å²) >= 11 is 0. The number of nitrogens with one attached hydrogen (secondary N) is 4. The molecular weight excluding hydrogens is 602 g/mol. The Hall–Kier alpha value is -5.36. The van der Waals surface area contributed by atoms with Crippen LogP contribution in [0.25, 0.3) is 10.9 Å². The number of aliphatic carboxylic acids is 1. The van der Waals surface area contributed by atoms with E-state index in [1.54, 1.807) is 37.4 Å². The van der Waals surface area contributed by atoms with E-state index in [0.717, 1.165) is 16.5 Å². The minimum atomic E-state index is -1.30. The number of aromatic amines is 1. The van der Waals surface area contributed by atoms with Gasteiger partial charge in [-0.3, -0.25) is 14.4 Å². The summed E-state index contributed by atoms with van der Waals surface area (Å²) in [5, 5.41) is 38.1. The number of carbonyl (C=O) groups excluding carboxylic acids is 3. The highest BCUT2D eigenvalue weighted by molar-refractivity contribution is 5.94. The molecule has 0 fully saturated rings. The molecule has 5 atom stereocenters. The van der Waals surface area contributed by atoms with E-state index < -0.39 is 53.8 Å². The predicted octanol–water partition coefficient (Wildman–Crippen LogP) is 2.52. The van der Waals surface area contributed by atoms with Crippen molar-refractivity contribution in [2.24, 2.45) is 11.7 Å². The number of rotatable bonds is 15. The Kier molecular flexibility index (Phi) is 11.6. The summed E-state index contributed by atoms with van der Waals surface area (Å²) in [6.45, 7) is 3.59. The van der Waals surface area contributed by atoms with E-state index in [4.69, 9.17) is 5.73 Å². The summed E-state index contributed by atoms with van der Waals surface area (Å²) in [6.07, 6.45) is 2.47. The number of H-pyrrole nitrogens is 1. The highest BCUT2D eigenvalue weighted by Crippen LogP contribution is 2.19. The van der Waals surface area contributed by atoms with Gasteiger partial charge in [-0.1, -0.05) is 62.7 Å². The summed E-state index contributed by atoms with van der Waals surface area (Å²) in [5.74, 6) is -3.51. The number of aromatic nitrogens is 1. The maximum absolute atomic E-state index is 13.8. The Balaban J connectivity index is 1.51. The molecule has 4 rings (SSSR count). The number of phenols is 2. The zero-order valence-electron chi connectivity index (χ0n) is 26.3. The molecule has 3 amide bonds. The maximum atomic E-state index is 13.8. The highest BCUT2D eigenvalue weighted by atomic mass is 16.4. The molecule has 1 aromatic heterocycles. The Labute approximate surface area is 272 Å². The lowest BCUT2D eigenvalue weighted by atomic mass is 9.96. The van der Waals surface area contributed by atoms with E-state index in [0.29, 0.717) is 17.5 Å². The van der Waals surface area contributed by atoms with Crippen LogP contribution in [0.2, 0.25) is 0 Å². The number of carboxylic acids is 1. The first-order valence-electron chi connectivity index (χ1n) is 15.5. The van der Waals surface area contributed by atoms with E-state index >= 15 is 0 Å². The Morgan fingerprint density at radius 1 is 0.745 bits per heavy atom. The fourth-order valence-electron chi connectivity index (χ4n) is 5.27. The van der Waals surface area contributed by atoms with E-state index in [1.165, 1.54) is 24.3 Å². The molecule has 0 aliphatic carbocycles. The predicted molar refractivity (Wildman–Crippen MR) is 176 cm³/mol. The summed E-state index contributed by atoms with van der Waals surface area (Å²) in [7, 11) is 0. The Morgan fingerprint density at radius 3 is 1.87 bits per heavy atom. The largest absolute Gasteiger partial charge is 0.508 e. The second-order valence-corrected chi connectivity index (χ2v) is 11.7. The second-order valence-electron chi connectivity index (χ2n) is 11.7. The molecule has 4 aromatic rings. The molecule has 47 heavy (non-hydrogen) atoms. The van der Waals surface area contributed by atoms with Crippen molar-refractivity contribution in [3.8, 4) is 11.5 Å². The van der Waals surface area contributed by atoms with Crippen LogP contribution in [-0.4, -0.2) is 68.2 Å². The maximum Gasteiger partial charge on any atom is 0.326 e. The van der Waals surface area contributed by atoms with Gasteiger partial charge in [0.25, 0.3) is 0 Å². The lowest BCUT2D eigenvalue weighted by Gasteiger charge is -2.28. The standard InChI is InChI=1S/C35H41N5O7/c1-3-20(2)31(34(45)39-30(35(46)47)17-22-10-14-25(42)15-11-22)40-33(44)29(16-21-8-12-24(41)13-9-21)38-32(43)27(36)18-23-19-37-28-7-5-4-6-26(23)28/h4-15,19-20,27,29-31,37,41-42H,3,16-18,36H2,1-2H3,(H,38,43)(H,39,45)(H,40,44)(H,46,47). The average Bonchev–Trinajstić information content (AvgIpc) is 3.46. The Morgan fingerprint density at radius 2 is 1.30 bits per heavy atom. The third kappa shape index (κ3) is 9.33. The van der Waals surface area contributed by atoms with E-state index in [-0.39, 0.29) is 30.8 Å². The fourth-order valence-corrected chi connectivity index (χ4v) is 5.27. The molecule has 5 unspecified atom stereocenters. The first-order valence-corrected chi connectivity index (χ1v) is 15.5.